The molecule has 1 unspecified atom stereocenters. The van der Waals surface area contributed by atoms with Crippen LogP contribution in [0.2, 0.25) is 0 Å². The summed E-state index contributed by atoms with van der Waals surface area (Å²) >= 11 is 0. The Kier molecular flexibility index (Phi) is 15.3. The molecule has 3 heterocycles. The Morgan fingerprint density at radius 1 is 0.667 bits per heavy atom. The lowest BCUT2D eigenvalue weighted by atomic mass is 9.75. The summed E-state index contributed by atoms with van der Waals surface area (Å²) in [6, 6.07) is 4.40. The van der Waals surface area contributed by atoms with E-state index in [1.165, 1.54) is 28.4 Å². The van der Waals surface area contributed by atoms with Gasteiger partial charge in [-0.2, -0.15) is 0 Å². The summed E-state index contributed by atoms with van der Waals surface area (Å²) in [5.41, 5.74) is -3.92. The molecule has 14 atom stereocenters. The molecule has 0 aromatic heterocycles. The van der Waals surface area contributed by atoms with Crippen molar-refractivity contribution in [2.24, 2.45) is 5.92 Å². The Labute approximate surface area is 358 Å². The van der Waals surface area contributed by atoms with E-state index < -0.39 is 121 Å². The predicted molar refractivity (Wildman–Crippen MR) is 204 cm³/mol. The van der Waals surface area contributed by atoms with Crippen LogP contribution in [0.25, 0.3) is 0 Å². The van der Waals surface area contributed by atoms with Crippen LogP contribution in [-0.2, 0) is 28.4 Å². The Bertz CT molecular complexity index is 1880. The lowest BCUT2D eigenvalue weighted by Gasteiger charge is -2.54. The number of carbonyl (C=O) groups is 2. The van der Waals surface area contributed by atoms with Crippen LogP contribution >= 0.6 is 0 Å². The van der Waals surface area contributed by atoms with Gasteiger partial charge in [-0.3, -0.25) is 0 Å². The van der Waals surface area contributed by atoms with E-state index >= 15 is 0 Å². The van der Waals surface area contributed by atoms with Crippen LogP contribution in [0.1, 0.15) is 41.0 Å². The molecule has 0 spiro atoms. The zero-order valence-corrected chi connectivity index (χ0v) is 34.8. The summed E-state index contributed by atoms with van der Waals surface area (Å²) in [4.78, 5) is 25.9. The van der Waals surface area contributed by atoms with Gasteiger partial charge in [-0.25, -0.2) is 9.59 Å². The molecule has 3 aliphatic heterocycles. The normalized spacial score (nSPS) is 34.7. The highest BCUT2D eigenvalue weighted by Crippen LogP contribution is 2.48. The van der Waals surface area contributed by atoms with Crippen molar-refractivity contribution in [3.05, 3.63) is 35.4 Å². The number of aromatic hydroxyl groups is 2. The maximum Gasteiger partial charge on any atom is 0.338 e. The average Bonchev–Trinajstić information content (AvgIpc) is 3.63. The van der Waals surface area contributed by atoms with Gasteiger partial charge < -0.3 is 109 Å². The van der Waals surface area contributed by atoms with Crippen molar-refractivity contribution in [3.63, 3.8) is 0 Å². The second-order valence-electron chi connectivity index (χ2n) is 15.5. The number of aliphatic hydroxyl groups is 10. The SMILES string of the molecule is COc1cc(C(=O)OC[C@H]2O[C@](O)([C@]3(O)[C@H](OCCC(C)C)O[C@H](C(O)[C@@]4(O)O[C@H](COC(=O)c5cc(OC)c(O)c(OC)c5)[C@@H](O)[C@H]4O)[C@@H](O)[C@@H]3O)[C@H](O)[C@@H]2O)cc(OC)c1O. The third-order valence-electron chi connectivity index (χ3n) is 11.1. The molecular weight excluding hydrogens is 852 g/mol. The van der Waals surface area contributed by atoms with Crippen molar-refractivity contribution in [1.29, 1.82) is 0 Å². The standard InChI is InChI=1S/C39H54O24/c1-15(2)7-8-58-36-37(51,39(53)32(47)27(43)23(63-39)14-60-35(50)17-11-20(56-5)25(41)21(12-17)57-6)30(45)28(44)29(61-36)33(48)38(52)31(46)26(42)22(62-38)13-59-34(49)16-9-18(54-3)24(40)19(10-16)55-4/h9-12,15,22-23,26-33,36,40-48,51-53H,7-8,13-14H2,1-6H3/t22-,23-,26-,27-,28-,29+,30+,31-,32-,33?,36-,37-,38+,39+/m1/s1. The van der Waals surface area contributed by atoms with Gasteiger partial charge in [-0.15, -0.1) is 0 Å². The van der Waals surface area contributed by atoms with Crippen LogP contribution < -0.4 is 18.9 Å². The van der Waals surface area contributed by atoms with Crippen molar-refractivity contribution in [1.82, 2.24) is 0 Å². The smallest absolute Gasteiger partial charge is 0.338 e. The van der Waals surface area contributed by atoms with Crippen LogP contribution in [-0.4, -0.2) is 206 Å². The van der Waals surface area contributed by atoms with Crippen LogP contribution in [0.5, 0.6) is 34.5 Å². The molecule has 3 saturated heterocycles. The van der Waals surface area contributed by atoms with Gasteiger partial charge in [-0.05, 0) is 36.6 Å². The summed E-state index contributed by atoms with van der Waals surface area (Å²) in [6.45, 7) is 1.41. The second kappa shape index (κ2) is 19.4. The zero-order chi connectivity index (χ0) is 46.9. The highest BCUT2D eigenvalue weighted by Gasteiger charge is 2.75. The van der Waals surface area contributed by atoms with Gasteiger partial charge in [0.1, 0.15) is 74.3 Å². The molecule has 3 fully saturated rings. The Morgan fingerprint density at radius 3 is 1.52 bits per heavy atom. The van der Waals surface area contributed by atoms with E-state index in [-0.39, 0.29) is 53.1 Å². The largest absolute Gasteiger partial charge is 0.502 e. The summed E-state index contributed by atoms with van der Waals surface area (Å²) in [5.74, 6) is -10.6. The summed E-state index contributed by atoms with van der Waals surface area (Å²) < 4.78 is 52.7. The molecule has 63 heavy (non-hydrogen) atoms. The zero-order valence-electron chi connectivity index (χ0n) is 34.8. The minimum absolute atomic E-state index is 0.0715. The van der Waals surface area contributed by atoms with Crippen molar-refractivity contribution in [3.8, 4) is 34.5 Å². The van der Waals surface area contributed by atoms with Crippen molar-refractivity contribution in [2.45, 2.75) is 105 Å². The quantitative estimate of drug-likeness (QED) is 0.0681. The topological polar surface area (TPSA) is 369 Å². The highest BCUT2D eigenvalue weighted by atomic mass is 16.7. The molecule has 0 amide bonds. The molecule has 0 saturated carbocycles. The summed E-state index contributed by atoms with van der Waals surface area (Å²) in [7, 11) is 4.83. The summed E-state index contributed by atoms with van der Waals surface area (Å²) in [5, 5.41) is 134. The number of ether oxygens (including phenoxy) is 10. The summed E-state index contributed by atoms with van der Waals surface area (Å²) in [6.07, 6.45) is -25.6. The van der Waals surface area contributed by atoms with Gasteiger partial charge in [0.25, 0.3) is 0 Å². The molecule has 0 bridgehead atoms. The number of carbonyl (C=O) groups excluding carboxylic acids is 2. The molecule has 5 rings (SSSR count). The number of methoxy groups -OCH3 is 4. The average molecular weight is 907 g/mol. The first-order valence-electron chi connectivity index (χ1n) is 19.4. The molecule has 354 valence electrons. The minimum Gasteiger partial charge on any atom is -0.502 e. The molecule has 2 aromatic rings. The van der Waals surface area contributed by atoms with Crippen molar-refractivity contribution < 1.29 is 118 Å². The second-order valence-corrected chi connectivity index (χ2v) is 15.5. The van der Waals surface area contributed by atoms with E-state index in [2.05, 4.69) is 0 Å². The maximum absolute atomic E-state index is 13.0. The third-order valence-corrected chi connectivity index (χ3v) is 11.1. The molecule has 3 aliphatic rings. The first-order valence-corrected chi connectivity index (χ1v) is 19.4. The number of phenols is 2. The number of aliphatic hydroxyl groups excluding tert-OH is 7. The molecule has 0 radical (unpaired) electrons. The predicted octanol–water partition coefficient (Wildman–Crippen LogP) is -3.63. The van der Waals surface area contributed by atoms with Gasteiger partial charge in [0, 0.05) is 0 Å². The Balaban J connectivity index is 1.35. The fourth-order valence-electron chi connectivity index (χ4n) is 7.34. The Hall–Kier alpha value is -4.38. The van der Waals surface area contributed by atoms with Crippen LogP contribution in [0.4, 0.5) is 0 Å². The monoisotopic (exact) mass is 906 g/mol. The molecule has 2 aromatic carbocycles. The van der Waals surface area contributed by atoms with Gasteiger partial charge in [-0.1, -0.05) is 13.8 Å². The van der Waals surface area contributed by atoms with E-state index in [4.69, 9.17) is 47.4 Å². The maximum atomic E-state index is 13.0. The van der Waals surface area contributed by atoms with Crippen LogP contribution in [0.3, 0.4) is 0 Å². The number of phenolic OH excluding ortho intramolecular Hbond substituents is 2. The number of hydrogen-bond donors (Lipinski definition) is 12. The van der Waals surface area contributed by atoms with Gasteiger partial charge in [0.05, 0.1) is 46.2 Å². The first kappa shape index (κ1) is 49.6. The Morgan fingerprint density at radius 2 is 1.10 bits per heavy atom. The fourth-order valence-corrected chi connectivity index (χ4v) is 7.34. The number of hydrogen-bond acceptors (Lipinski definition) is 24. The van der Waals surface area contributed by atoms with E-state index in [0.717, 1.165) is 24.3 Å². The first-order chi connectivity index (χ1) is 29.5. The van der Waals surface area contributed by atoms with Crippen molar-refractivity contribution in [2.75, 3.05) is 48.3 Å². The number of rotatable bonds is 17. The van der Waals surface area contributed by atoms with E-state index in [1.54, 1.807) is 13.8 Å². The van der Waals surface area contributed by atoms with Crippen LogP contribution in [0.15, 0.2) is 24.3 Å². The lowest BCUT2D eigenvalue weighted by molar-refractivity contribution is -0.439. The van der Waals surface area contributed by atoms with Gasteiger partial charge in [0.2, 0.25) is 28.7 Å². The fraction of sp³-hybridized carbons (Fsp3) is 0.641. The van der Waals surface area contributed by atoms with Gasteiger partial charge >= 0.3 is 11.9 Å². The minimum atomic E-state index is -3.54. The molecule has 12 N–H and O–H groups in total. The van der Waals surface area contributed by atoms with E-state index in [0.29, 0.717) is 0 Å². The molecular formula is C39H54O24. The number of benzene rings is 2. The molecule has 24 heteroatoms. The molecule has 0 aliphatic carbocycles. The number of esters is 2. The lowest BCUT2D eigenvalue weighted by Crippen LogP contribution is -2.80. The van der Waals surface area contributed by atoms with Crippen LogP contribution in [0, 0.1) is 5.92 Å². The van der Waals surface area contributed by atoms with Crippen molar-refractivity contribution >= 4 is 11.9 Å². The third kappa shape index (κ3) is 9.01. The molecule has 24 nitrogen and oxygen atoms in total. The van der Waals surface area contributed by atoms with E-state index in [1.807, 2.05) is 0 Å². The highest BCUT2D eigenvalue weighted by molar-refractivity contribution is 5.91. The van der Waals surface area contributed by atoms with E-state index in [9.17, 15) is 70.9 Å². The van der Waals surface area contributed by atoms with Gasteiger partial charge in [0.15, 0.2) is 29.3 Å².